The molecule has 0 saturated heterocycles. The zero-order valence-electron chi connectivity index (χ0n) is 10.5. The predicted molar refractivity (Wildman–Crippen MR) is 76.6 cm³/mol. The number of para-hydroxylation sites is 2. The minimum atomic E-state index is -0.672. The smallest absolute Gasteiger partial charge is 0.407 e. The van der Waals surface area contributed by atoms with Gasteiger partial charge in [-0.3, -0.25) is 4.79 Å². The highest BCUT2D eigenvalue weighted by Crippen LogP contribution is 2.12. The van der Waals surface area contributed by atoms with Gasteiger partial charge in [0.25, 0.3) is 5.91 Å². The van der Waals surface area contributed by atoms with Crippen molar-refractivity contribution < 1.29 is 9.21 Å². The van der Waals surface area contributed by atoms with Crippen molar-refractivity contribution in [3.63, 3.8) is 0 Å². The second-order valence-corrected chi connectivity index (χ2v) is 4.25. The molecule has 0 radical (unpaired) electrons. The summed E-state index contributed by atoms with van der Waals surface area (Å²) < 4.78 is 6.05. The average molecular weight is 265 g/mol. The average Bonchev–Trinajstić information content (AvgIpc) is 2.82. The minimum Gasteiger partial charge on any atom is -0.407 e. The first-order valence-corrected chi connectivity index (χ1v) is 6.14. The van der Waals surface area contributed by atoms with E-state index in [1.807, 2.05) is 30.3 Å². The summed E-state index contributed by atoms with van der Waals surface area (Å²) in [5.74, 6) is -1.10. The number of carbonyl (C=O) groups is 1. The number of fused-ring (bicyclic) bond motifs is 1. The van der Waals surface area contributed by atoms with Crippen LogP contribution in [0.1, 0.15) is 10.4 Å². The zero-order chi connectivity index (χ0) is 13.9. The van der Waals surface area contributed by atoms with E-state index in [9.17, 15) is 9.59 Å². The van der Waals surface area contributed by atoms with Crippen molar-refractivity contribution in [2.75, 3.05) is 0 Å². The number of carbonyl (C=O) groups excluding carboxylic acids is 1. The van der Waals surface area contributed by atoms with Crippen molar-refractivity contribution in [2.24, 2.45) is 0 Å². The van der Waals surface area contributed by atoms with Gasteiger partial charge in [-0.05, 0) is 23.8 Å². The number of benzene rings is 2. The maximum Gasteiger partial charge on any atom is 0.427 e. The van der Waals surface area contributed by atoms with Gasteiger partial charge < -0.3 is 4.42 Å². The van der Waals surface area contributed by atoms with Crippen molar-refractivity contribution in [3.8, 4) is 0 Å². The molecule has 0 fully saturated rings. The third-order valence-electron chi connectivity index (χ3n) is 2.92. The van der Waals surface area contributed by atoms with Crippen LogP contribution in [0.25, 0.3) is 17.2 Å². The summed E-state index contributed by atoms with van der Waals surface area (Å²) in [5.41, 5.74) is 1.76. The molecule has 0 bridgehead atoms. The van der Waals surface area contributed by atoms with Gasteiger partial charge in [-0.25, -0.2) is 9.36 Å². The van der Waals surface area contributed by atoms with Crippen molar-refractivity contribution in [1.82, 2.24) is 4.57 Å². The Balaban J connectivity index is 1.99. The summed E-state index contributed by atoms with van der Waals surface area (Å²) in [6.45, 7) is 0. The molecule has 98 valence electrons. The van der Waals surface area contributed by atoms with Gasteiger partial charge in [0.1, 0.15) is 0 Å². The molecule has 0 N–H and O–H groups in total. The lowest BCUT2D eigenvalue weighted by Gasteiger charge is -1.95. The Morgan fingerprint density at radius 3 is 2.50 bits per heavy atom. The van der Waals surface area contributed by atoms with Gasteiger partial charge >= 0.3 is 5.76 Å². The summed E-state index contributed by atoms with van der Waals surface area (Å²) in [5, 5.41) is 0. The number of aromatic nitrogens is 1. The fourth-order valence-electron chi connectivity index (χ4n) is 1.98. The van der Waals surface area contributed by atoms with Crippen LogP contribution in [0.15, 0.2) is 69.9 Å². The molecule has 0 aliphatic rings. The van der Waals surface area contributed by atoms with E-state index in [2.05, 4.69) is 0 Å². The van der Waals surface area contributed by atoms with Crippen LogP contribution in [-0.2, 0) is 0 Å². The number of allylic oxidation sites excluding steroid dienone is 1. The molecule has 2 aromatic carbocycles. The lowest BCUT2D eigenvalue weighted by atomic mass is 10.2. The van der Waals surface area contributed by atoms with Gasteiger partial charge in [-0.15, -0.1) is 0 Å². The Hall–Kier alpha value is -2.88. The molecule has 4 nitrogen and oxygen atoms in total. The van der Waals surface area contributed by atoms with Crippen molar-refractivity contribution in [3.05, 3.63) is 76.8 Å². The first kappa shape index (κ1) is 12.2. The van der Waals surface area contributed by atoms with E-state index in [1.165, 1.54) is 6.08 Å². The topological polar surface area (TPSA) is 52.2 Å². The lowest BCUT2D eigenvalue weighted by molar-refractivity contribution is 0.0966. The number of nitrogens with zero attached hydrogens (tertiary/aromatic N) is 1. The second-order valence-electron chi connectivity index (χ2n) is 4.25. The Labute approximate surface area is 114 Å². The van der Waals surface area contributed by atoms with E-state index in [0.717, 1.165) is 10.1 Å². The standard InChI is InChI=1S/C16H11NO3/c18-15(11-10-12-6-2-1-3-7-12)17-13-8-4-5-9-14(13)20-16(17)19/h1-11H/b11-10+. The van der Waals surface area contributed by atoms with Crippen LogP contribution in [0, 0.1) is 0 Å². The van der Waals surface area contributed by atoms with Crippen LogP contribution in [0.2, 0.25) is 0 Å². The number of rotatable bonds is 2. The van der Waals surface area contributed by atoms with Gasteiger partial charge in [0.15, 0.2) is 5.58 Å². The van der Waals surface area contributed by atoms with Gasteiger partial charge in [0, 0.05) is 6.08 Å². The van der Waals surface area contributed by atoms with Crippen LogP contribution in [-0.4, -0.2) is 10.5 Å². The van der Waals surface area contributed by atoms with Gasteiger partial charge in [0.05, 0.1) is 5.52 Å². The van der Waals surface area contributed by atoms with E-state index < -0.39 is 11.7 Å². The number of oxazole rings is 1. The van der Waals surface area contributed by atoms with Gasteiger partial charge in [0.2, 0.25) is 0 Å². The molecular weight excluding hydrogens is 254 g/mol. The molecule has 0 saturated carbocycles. The van der Waals surface area contributed by atoms with Crippen molar-refractivity contribution in [1.29, 1.82) is 0 Å². The van der Waals surface area contributed by atoms with E-state index >= 15 is 0 Å². The molecule has 4 heteroatoms. The van der Waals surface area contributed by atoms with E-state index in [-0.39, 0.29) is 0 Å². The molecule has 0 spiro atoms. The van der Waals surface area contributed by atoms with E-state index in [4.69, 9.17) is 4.42 Å². The second kappa shape index (κ2) is 5.01. The quantitative estimate of drug-likeness (QED) is 0.669. The molecule has 0 unspecified atom stereocenters. The van der Waals surface area contributed by atoms with Crippen molar-refractivity contribution in [2.45, 2.75) is 0 Å². The molecular formula is C16H11NO3. The molecule has 1 aromatic heterocycles. The minimum absolute atomic E-state index is 0.402. The highest BCUT2D eigenvalue weighted by atomic mass is 16.4. The van der Waals surface area contributed by atoms with Crippen LogP contribution < -0.4 is 5.76 Å². The van der Waals surface area contributed by atoms with E-state index in [0.29, 0.717) is 11.1 Å². The molecule has 1 heterocycles. The first-order chi connectivity index (χ1) is 9.75. The Bertz CT molecular complexity index is 841. The van der Waals surface area contributed by atoms with Gasteiger partial charge in [-0.1, -0.05) is 42.5 Å². The third kappa shape index (κ3) is 2.19. The largest absolute Gasteiger partial charge is 0.427 e. The SMILES string of the molecule is O=C(/C=C/c1ccccc1)n1c(=O)oc2ccccc21. The van der Waals surface area contributed by atoms with Gasteiger partial charge in [-0.2, -0.15) is 0 Å². The van der Waals surface area contributed by atoms with E-state index in [1.54, 1.807) is 30.3 Å². The predicted octanol–water partition coefficient (Wildman–Crippen LogP) is 2.95. The lowest BCUT2D eigenvalue weighted by Crippen LogP contribution is -2.20. The summed E-state index contributed by atoms with van der Waals surface area (Å²) in [4.78, 5) is 23.9. The highest BCUT2D eigenvalue weighted by Gasteiger charge is 2.12. The molecule has 3 aromatic rings. The fourth-order valence-corrected chi connectivity index (χ4v) is 1.98. The Morgan fingerprint density at radius 1 is 1.00 bits per heavy atom. The van der Waals surface area contributed by atoms with Crippen LogP contribution in [0.4, 0.5) is 0 Å². The number of hydrogen-bond acceptors (Lipinski definition) is 3. The number of hydrogen-bond donors (Lipinski definition) is 0. The highest BCUT2D eigenvalue weighted by molar-refractivity contribution is 5.98. The Morgan fingerprint density at radius 2 is 1.70 bits per heavy atom. The van der Waals surface area contributed by atoms with Crippen LogP contribution in [0.3, 0.4) is 0 Å². The molecule has 20 heavy (non-hydrogen) atoms. The van der Waals surface area contributed by atoms with Crippen LogP contribution in [0.5, 0.6) is 0 Å². The first-order valence-electron chi connectivity index (χ1n) is 6.14. The maximum absolute atomic E-state index is 12.1. The monoisotopic (exact) mass is 265 g/mol. The Kier molecular flexibility index (Phi) is 3.05. The van der Waals surface area contributed by atoms with Crippen molar-refractivity contribution >= 4 is 23.1 Å². The molecule has 0 aliphatic heterocycles. The molecule has 0 atom stereocenters. The molecule has 3 rings (SSSR count). The summed E-state index contributed by atoms with van der Waals surface area (Å²) in [7, 11) is 0. The van der Waals surface area contributed by atoms with Crippen LogP contribution >= 0.6 is 0 Å². The summed E-state index contributed by atoms with van der Waals surface area (Å²) in [6.07, 6.45) is 3.02. The third-order valence-corrected chi connectivity index (χ3v) is 2.92. The normalized spacial score (nSPS) is 11.2. The maximum atomic E-state index is 12.1. The molecule has 0 aliphatic carbocycles. The summed E-state index contributed by atoms with van der Waals surface area (Å²) >= 11 is 0. The molecule has 0 amide bonds. The summed E-state index contributed by atoms with van der Waals surface area (Å²) in [6, 6.07) is 16.2. The fraction of sp³-hybridized carbons (Fsp3) is 0. The zero-order valence-corrected chi connectivity index (χ0v) is 10.5.